The third-order valence-corrected chi connectivity index (χ3v) is 5.00. The third-order valence-electron chi connectivity index (χ3n) is 5.00. The Labute approximate surface area is 170 Å². The van der Waals surface area contributed by atoms with Crippen molar-refractivity contribution < 1.29 is 4.79 Å². The zero-order valence-electron chi connectivity index (χ0n) is 16.5. The fraction of sp³-hybridized carbons (Fsp3) is 0.273. The summed E-state index contributed by atoms with van der Waals surface area (Å²) in [5.41, 5.74) is 3.17. The number of amides is 1. The van der Waals surface area contributed by atoms with Gasteiger partial charge in [0.25, 0.3) is 0 Å². The number of hydrogen-bond acceptors (Lipinski definition) is 6. The molecule has 3 aromatic rings. The van der Waals surface area contributed by atoms with Gasteiger partial charge in [0.05, 0.1) is 6.42 Å². The van der Waals surface area contributed by atoms with Crippen LogP contribution in [0.4, 0.5) is 17.3 Å². The number of rotatable bonds is 5. The van der Waals surface area contributed by atoms with Gasteiger partial charge in [0.1, 0.15) is 0 Å². The van der Waals surface area contributed by atoms with E-state index in [0.29, 0.717) is 25.3 Å². The highest BCUT2D eigenvalue weighted by Gasteiger charge is 2.22. The molecule has 1 aliphatic rings. The van der Waals surface area contributed by atoms with E-state index in [0.717, 1.165) is 30.2 Å². The molecule has 29 heavy (non-hydrogen) atoms. The summed E-state index contributed by atoms with van der Waals surface area (Å²) in [7, 11) is 0. The average molecular weight is 388 g/mol. The minimum absolute atomic E-state index is 0.179. The summed E-state index contributed by atoms with van der Waals surface area (Å²) in [4.78, 5) is 20.7. The Bertz CT molecular complexity index is 953. The first-order chi connectivity index (χ1) is 14.2. The molecule has 4 rings (SSSR count). The number of nitrogens with one attached hydrogen (secondary N) is 1. The topological polar surface area (TPSA) is 74.2 Å². The number of aromatic nitrogens is 3. The number of nitrogens with zero attached hydrogens (tertiary/aromatic N) is 5. The summed E-state index contributed by atoms with van der Waals surface area (Å²) in [6.07, 6.45) is 3.91. The Kier molecular flexibility index (Phi) is 5.65. The molecule has 1 aliphatic heterocycles. The molecule has 0 radical (unpaired) electrons. The highest BCUT2D eigenvalue weighted by atomic mass is 16.2. The molecule has 3 heterocycles. The highest BCUT2D eigenvalue weighted by molar-refractivity contribution is 5.79. The SMILES string of the molecule is Cc1cccc(CC(=O)N2CCN(c3ccc(Nc4ccncc4)nn3)CC2)c1. The van der Waals surface area contributed by atoms with E-state index < -0.39 is 0 Å². The maximum absolute atomic E-state index is 12.6. The quantitative estimate of drug-likeness (QED) is 0.725. The van der Waals surface area contributed by atoms with E-state index in [1.807, 2.05) is 54.3 Å². The fourth-order valence-electron chi connectivity index (χ4n) is 3.44. The lowest BCUT2D eigenvalue weighted by atomic mass is 10.1. The van der Waals surface area contributed by atoms with Crippen LogP contribution in [0.5, 0.6) is 0 Å². The molecule has 1 aromatic carbocycles. The van der Waals surface area contributed by atoms with Crippen molar-refractivity contribution in [2.24, 2.45) is 0 Å². The molecule has 1 fully saturated rings. The van der Waals surface area contributed by atoms with Gasteiger partial charge in [-0.15, -0.1) is 10.2 Å². The first kappa shape index (κ1) is 18.9. The van der Waals surface area contributed by atoms with Crippen molar-refractivity contribution in [2.45, 2.75) is 13.3 Å². The lowest BCUT2D eigenvalue weighted by Gasteiger charge is -2.35. The fourth-order valence-corrected chi connectivity index (χ4v) is 3.44. The predicted molar refractivity (Wildman–Crippen MR) is 113 cm³/mol. The monoisotopic (exact) mass is 388 g/mol. The van der Waals surface area contributed by atoms with Gasteiger partial charge in [-0.25, -0.2) is 0 Å². The van der Waals surface area contributed by atoms with Crippen LogP contribution in [0.15, 0.2) is 60.9 Å². The number of benzene rings is 1. The van der Waals surface area contributed by atoms with Crippen molar-refractivity contribution in [3.05, 3.63) is 72.1 Å². The molecule has 7 nitrogen and oxygen atoms in total. The normalized spacial score (nSPS) is 14.0. The number of piperazine rings is 1. The number of carbonyl (C=O) groups is 1. The van der Waals surface area contributed by atoms with Crippen LogP contribution in [0.2, 0.25) is 0 Å². The molecule has 1 amide bonds. The summed E-state index contributed by atoms with van der Waals surface area (Å²) in [6, 6.07) is 15.8. The van der Waals surface area contributed by atoms with Crippen LogP contribution < -0.4 is 10.2 Å². The number of aryl methyl sites for hydroxylation is 1. The predicted octanol–water partition coefficient (Wildman–Crippen LogP) is 2.81. The maximum Gasteiger partial charge on any atom is 0.227 e. The zero-order valence-corrected chi connectivity index (χ0v) is 16.5. The summed E-state index contributed by atoms with van der Waals surface area (Å²) in [6.45, 7) is 4.95. The summed E-state index contributed by atoms with van der Waals surface area (Å²) in [5.74, 6) is 1.70. The largest absolute Gasteiger partial charge is 0.352 e. The minimum atomic E-state index is 0.179. The molecule has 7 heteroatoms. The molecule has 148 valence electrons. The van der Waals surface area contributed by atoms with Crippen molar-refractivity contribution in [1.82, 2.24) is 20.1 Å². The van der Waals surface area contributed by atoms with Crippen LogP contribution >= 0.6 is 0 Å². The van der Waals surface area contributed by atoms with E-state index in [4.69, 9.17) is 0 Å². The van der Waals surface area contributed by atoms with E-state index in [-0.39, 0.29) is 5.91 Å². The molecule has 1 saturated heterocycles. The number of carbonyl (C=O) groups excluding carboxylic acids is 1. The minimum Gasteiger partial charge on any atom is -0.352 e. The van der Waals surface area contributed by atoms with Crippen LogP contribution in [0, 0.1) is 6.92 Å². The lowest BCUT2D eigenvalue weighted by molar-refractivity contribution is -0.130. The van der Waals surface area contributed by atoms with Gasteiger partial charge in [0, 0.05) is 44.3 Å². The van der Waals surface area contributed by atoms with E-state index in [2.05, 4.69) is 31.5 Å². The van der Waals surface area contributed by atoms with Gasteiger partial charge in [-0.1, -0.05) is 29.8 Å². The van der Waals surface area contributed by atoms with Gasteiger partial charge in [-0.3, -0.25) is 9.78 Å². The lowest BCUT2D eigenvalue weighted by Crippen LogP contribution is -2.49. The van der Waals surface area contributed by atoms with Gasteiger partial charge in [-0.05, 0) is 36.8 Å². The average Bonchev–Trinajstić information content (AvgIpc) is 2.75. The summed E-state index contributed by atoms with van der Waals surface area (Å²) in [5, 5.41) is 11.8. The highest BCUT2D eigenvalue weighted by Crippen LogP contribution is 2.17. The molecule has 0 bridgehead atoms. The molecule has 0 aliphatic carbocycles. The van der Waals surface area contributed by atoms with Crippen LogP contribution in [-0.4, -0.2) is 52.2 Å². The Balaban J connectivity index is 1.30. The standard InChI is InChI=1S/C22H24N6O/c1-17-3-2-4-18(15-17)16-22(29)28-13-11-27(12-14-28)21-6-5-20(25-26-21)24-19-7-9-23-10-8-19/h2-10,15H,11-14,16H2,1H3,(H,23,24,25). The van der Waals surface area contributed by atoms with E-state index in [1.165, 1.54) is 5.56 Å². The van der Waals surface area contributed by atoms with Crippen molar-refractivity contribution in [1.29, 1.82) is 0 Å². The van der Waals surface area contributed by atoms with Crippen molar-refractivity contribution in [2.75, 3.05) is 36.4 Å². The van der Waals surface area contributed by atoms with Crippen LogP contribution in [0.1, 0.15) is 11.1 Å². The molecule has 0 atom stereocenters. The van der Waals surface area contributed by atoms with Crippen molar-refractivity contribution in [3.63, 3.8) is 0 Å². The number of hydrogen-bond donors (Lipinski definition) is 1. The molecule has 2 aromatic heterocycles. The van der Waals surface area contributed by atoms with E-state index in [9.17, 15) is 4.79 Å². The third kappa shape index (κ3) is 4.87. The molecular weight excluding hydrogens is 364 g/mol. The first-order valence-electron chi connectivity index (χ1n) is 9.76. The van der Waals surface area contributed by atoms with Gasteiger partial charge < -0.3 is 15.1 Å². The van der Waals surface area contributed by atoms with Gasteiger partial charge >= 0.3 is 0 Å². The summed E-state index contributed by atoms with van der Waals surface area (Å²) >= 11 is 0. The second kappa shape index (κ2) is 8.68. The number of pyridine rings is 1. The molecule has 1 N–H and O–H groups in total. The second-order valence-electron chi connectivity index (χ2n) is 7.17. The molecule has 0 spiro atoms. The van der Waals surface area contributed by atoms with Crippen LogP contribution in [-0.2, 0) is 11.2 Å². The van der Waals surface area contributed by atoms with E-state index >= 15 is 0 Å². The molecular formula is C22H24N6O. The Morgan fingerprint density at radius 3 is 2.48 bits per heavy atom. The zero-order chi connectivity index (χ0) is 20.1. The van der Waals surface area contributed by atoms with Gasteiger partial charge in [-0.2, -0.15) is 0 Å². The second-order valence-corrected chi connectivity index (χ2v) is 7.17. The number of anilines is 3. The van der Waals surface area contributed by atoms with Gasteiger partial charge in [0.2, 0.25) is 5.91 Å². The van der Waals surface area contributed by atoms with Crippen LogP contribution in [0.3, 0.4) is 0 Å². The maximum atomic E-state index is 12.6. The molecule has 0 saturated carbocycles. The summed E-state index contributed by atoms with van der Waals surface area (Å²) < 4.78 is 0. The molecule has 0 unspecified atom stereocenters. The van der Waals surface area contributed by atoms with Crippen molar-refractivity contribution in [3.8, 4) is 0 Å². The van der Waals surface area contributed by atoms with Gasteiger partial charge in [0.15, 0.2) is 11.6 Å². The van der Waals surface area contributed by atoms with E-state index in [1.54, 1.807) is 12.4 Å². The van der Waals surface area contributed by atoms with Crippen molar-refractivity contribution >= 4 is 23.2 Å². The first-order valence-corrected chi connectivity index (χ1v) is 9.76. The Hall–Kier alpha value is -3.48. The Morgan fingerprint density at radius 1 is 1.00 bits per heavy atom. The Morgan fingerprint density at radius 2 is 1.79 bits per heavy atom. The smallest absolute Gasteiger partial charge is 0.227 e. The van der Waals surface area contributed by atoms with Crippen LogP contribution in [0.25, 0.3) is 0 Å².